The Balaban J connectivity index is 0.000000444. The van der Waals surface area contributed by atoms with Crippen LogP contribution in [0.4, 0.5) is 0 Å². The second-order valence-electron chi connectivity index (χ2n) is 10.3. The maximum absolute atomic E-state index is 8.03. The van der Waals surface area contributed by atoms with Crippen LogP contribution in [0.3, 0.4) is 0 Å². The summed E-state index contributed by atoms with van der Waals surface area (Å²) in [5, 5.41) is 0. The summed E-state index contributed by atoms with van der Waals surface area (Å²) < 4.78 is 20.3. The van der Waals surface area contributed by atoms with Gasteiger partial charge in [0.15, 0.2) is 0 Å². The minimum absolute atomic E-state index is 0. The summed E-state index contributed by atoms with van der Waals surface area (Å²) in [6.07, 6.45) is 3.81. The third kappa shape index (κ3) is 12.9. The molecule has 0 fully saturated rings. The molecule has 4 nitrogen and oxygen atoms in total. The topological polar surface area (TPSA) is 35.6 Å². The van der Waals surface area contributed by atoms with Crippen molar-refractivity contribution in [1.29, 1.82) is 0 Å². The van der Waals surface area contributed by atoms with Gasteiger partial charge in [-0.25, -0.2) is 9.97 Å². The molecule has 0 spiro atoms. The van der Waals surface area contributed by atoms with E-state index in [0.717, 1.165) is 58.0 Å². The van der Waals surface area contributed by atoms with E-state index in [4.69, 9.17) is 2.74 Å². The van der Waals surface area contributed by atoms with Crippen LogP contribution in [0.1, 0.15) is 88.3 Å². The van der Waals surface area contributed by atoms with Gasteiger partial charge >= 0.3 is 0 Å². The molecule has 7 rings (SSSR count). The SMILES string of the molecule is C.CC.CC.CC.CC.[2H]c1ccccc1-c1ccc(Cn2c(C)nc3ccccc32)cc1.[2H]c1ccccc1-c1ccc(Cn2ccnc2C)cc1. The molecule has 0 aliphatic carbocycles. The molecular formula is C47H62N4. The Morgan fingerprint density at radius 2 is 0.980 bits per heavy atom. The molecule has 5 aromatic carbocycles. The van der Waals surface area contributed by atoms with Crippen LogP contribution in [0.25, 0.3) is 33.3 Å². The molecule has 7 aromatic rings. The highest BCUT2D eigenvalue weighted by Crippen LogP contribution is 2.22. The van der Waals surface area contributed by atoms with Gasteiger partial charge in [-0.1, -0.05) is 184 Å². The van der Waals surface area contributed by atoms with Crippen molar-refractivity contribution in [3.8, 4) is 22.3 Å². The van der Waals surface area contributed by atoms with Gasteiger partial charge in [0, 0.05) is 25.5 Å². The van der Waals surface area contributed by atoms with Crippen LogP contribution in [-0.4, -0.2) is 19.1 Å². The first-order chi connectivity index (χ1) is 25.5. The van der Waals surface area contributed by atoms with Crippen LogP contribution in [0.15, 0.2) is 146 Å². The van der Waals surface area contributed by atoms with Crippen molar-refractivity contribution in [2.24, 2.45) is 0 Å². The Morgan fingerprint density at radius 3 is 1.45 bits per heavy atom. The van der Waals surface area contributed by atoms with E-state index in [1.165, 1.54) is 11.1 Å². The molecule has 0 bridgehead atoms. The molecule has 2 heterocycles. The monoisotopic (exact) mass is 685 g/mol. The Labute approximate surface area is 312 Å². The number of aromatic nitrogens is 4. The zero-order valence-corrected chi connectivity index (χ0v) is 31.9. The normalized spacial score (nSPS) is 9.92. The maximum atomic E-state index is 8.03. The summed E-state index contributed by atoms with van der Waals surface area (Å²) >= 11 is 0. The number of imidazole rings is 2. The molecule has 0 saturated carbocycles. The molecule has 0 amide bonds. The molecular weight excluding hydrogens is 621 g/mol. The lowest BCUT2D eigenvalue weighted by atomic mass is 10.0. The fourth-order valence-electron chi connectivity index (χ4n) is 5.07. The second-order valence-corrected chi connectivity index (χ2v) is 10.3. The van der Waals surface area contributed by atoms with Crippen LogP contribution >= 0.6 is 0 Å². The fraction of sp³-hybridized carbons (Fsp3) is 0.277. The lowest BCUT2D eigenvalue weighted by Gasteiger charge is -2.08. The summed E-state index contributed by atoms with van der Waals surface area (Å²) in [5.41, 5.74) is 8.76. The van der Waals surface area contributed by atoms with Crippen LogP contribution in [-0.2, 0) is 13.1 Å². The molecule has 0 radical (unpaired) electrons. The lowest BCUT2D eigenvalue weighted by Crippen LogP contribution is -2.01. The van der Waals surface area contributed by atoms with Crippen molar-refractivity contribution in [2.75, 3.05) is 0 Å². The van der Waals surface area contributed by atoms with Crippen molar-refractivity contribution >= 4 is 11.0 Å². The molecule has 4 heteroatoms. The molecule has 0 aliphatic rings. The van der Waals surface area contributed by atoms with E-state index >= 15 is 0 Å². The number of rotatable bonds is 6. The zero-order valence-electron chi connectivity index (χ0n) is 33.9. The minimum Gasteiger partial charge on any atom is -0.331 e. The largest absolute Gasteiger partial charge is 0.331 e. The average molecular weight is 685 g/mol. The number of para-hydroxylation sites is 2. The lowest BCUT2D eigenvalue weighted by molar-refractivity contribution is 0.762. The molecule has 0 aliphatic heterocycles. The Kier molecular flexibility index (Phi) is 19.6. The summed E-state index contributed by atoms with van der Waals surface area (Å²) in [5.74, 6) is 2.04. The van der Waals surface area contributed by atoms with Crippen LogP contribution < -0.4 is 0 Å². The molecule has 2 aromatic heterocycles. The smallest absolute Gasteiger partial charge is 0.107 e. The van der Waals surface area contributed by atoms with E-state index in [9.17, 15) is 0 Å². The third-order valence-electron chi connectivity index (χ3n) is 7.41. The number of nitrogens with zero attached hydrogens (tertiary/aromatic N) is 4. The van der Waals surface area contributed by atoms with E-state index < -0.39 is 0 Å². The number of fused-ring (bicyclic) bond motifs is 1. The maximum Gasteiger partial charge on any atom is 0.107 e. The van der Waals surface area contributed by atoms with Gasteiger partial charge in [0.2, 0.25) is 0 Å². The zero-order chi connectivity index (χ0) is 38.5. The van der Waals surface area contributed by atoms with Gasteiger partial charge in [0.25, 0.3) is 0 Å². The van der Waals surface area contributed by atoms with E-state index in [0.29, 0.717) is 12.1 Å². The van der Waals surface area contributed by atoms with Gasteiger partial charge in [0.05, 0.1) is 13.8 Å². The second kappa shape index (κ2) is 24.8. The summed E-state index contributed by atoms with van der Waals surface area (Å²) in [6.45, 7) is 21.7. The summed E-state index contributed by atoms with van der Waals surface area (Å²) in [6, 6.07) is 41.5. The van der Waals surface area contributed by atoms with Crippen LogP contribution in [0.2, 0.25) is 0 Å². The van der Waals surface area contributed by atoms with E-state index in [1.807, 2.05) is 148 Å². The van der Waals surface area contributed by atoms with E-state index in [2.05, 4.69) is 73.7 Å². The highest BCUT2D eigenvalue weighted by atomic mass is 15.1. The molecule has 0 atom stereocenters. The average Bonchev–Trinajstić information content (AvgIpc) is 3.76. The van der Waals surface area contributed by atoms with Crippen LogP contribution in [0.5, 0.6) is 0 Å². The predicted octanol–water partition coefficient (Wildman–Crippen LogP) is 13.7. The first kappa shape index (κ1) is 40.2. The Bertz CT molecular complexity index is 2010. The first-order valence-corrected chi connectivity index (χ1v) is 18.2. The molecule has 0 N–H and O–H groups in total. The Morgan fingerprint density at radius 1 is 0.510 bits per heavy atom. The summed E-state index contributed by atoms with van der Waals surface area (Å²) in [4.78, 5) is 8.85. The molecule has 270 valence electrons. The number of hydrogen-bond acceptors (Lipinski definition) is 2. The third-order valence-corrected chi connectivity index (χ3v) is 7.41. The molecule has 51 heavy (non-hydrogen) atoms. The number of aryl methyl sites for hydroxylation is 2. The van der Waals surface area contributed by atoms with E-state index in [1.54, 1.807) is 0 Å². The molecule has 0 saturated heterocycles. The fourth-order valence-corrected chi connectivity index (χ4v) is 5.07. The van der Waals surface area contributed by atoms with Crippen LogP contribution in [0, 0.1) is 13.8 Å². The highest BCUT2D eigenvalue weighted by Gasteiger charge is 2.07. The van der Waals surface area contributed by atoms with Gasteiger partial charge < -0.3 is 9.13 Å². The quantitative estimate of drug-likeness (QED) is 0.175. The van der Waals surface area contributed by atoms with Crippen molar-refractivity contribution in [2.45, 2.75) is 89.8 Å². The van der Waals surface area contributed by atoms with Crippen molar-refractivity contribution in [1.82, 2.24) is 19.1 Å². The highest BCUT2D eigenvalue weighted by molar-refractivity contribution is 5.76. The molecule has 0 unspecified atom stereocenters. The number of hydrogen-bond donors (Lipinski definition) is 0. The van der Waals surface area contributed by atoms with Gasteiger partial charge in [-0.15, -0.1) is 0 Å². The summed E-state index contributed by atoms with van der Waals surface area (Å²) in [7, 11) is 0. The predicted molar refractivity (Wildman–Crippen MR) is 226 cm³/mol. The van der Waals surface area contributed by atoms with Gasteiger partial charge in [0.1, 0.15) is 11.6 Å². The van der Waals surface area contributed by atoms with Crippen molar-refractivity contribution in [3.05, 3.63) is 169 Å². The number of benzene rings is 5. The van der Waals surface area contributed by atoms with Crippen molar-refractivity contribution in [3.63, 3.8) is 0 Å². The van der Waals surface area contributed by atoms with Gasteiger partial charge in [-0.2, -0.15) is 0 Å². The standard InChI is InChI=1S/C21H18N2.C17H16N2.4C2H6.CH4/c1-16-22-20-9-5-6-10-21(20)23(16)15-17-11-13-19(14-12-17)18-7-3-2-4-8-18;1-14-18-11-12-19(14)13-15-7-9-17(10-8-15)16-5-3-2-4-6-16;4*1-2;/h2-14H,15H2,1H3;2-12H,13H2,1H3;4*1-2H3;1H4/i7D;5D;;;;;. The van der Waals surface area contributed by atoms with Gasteiger partial charge in [-0.05, 0) is 59.4 Å². The van der Waals surface area contributed by atoms with Gasteiger partial charge in [-0.3, -0.25) is 0 Å². The van der Waals surface area contributed by atoms with E-state index in [-0.39, 0.29) is 7.43 Å². The minimum atomic E-state index is 0. The Hall–Kier alpha value is -5.22. The first-order valence-electron chi connectivity index (χ1n) is 19.2. The van der Waals surface area contributed by atoms with Crippen molar-refractivity contribution < 1.29 is 2.74 Å².